The van der Waals surface area contributed by atoms with Crippen LogP contribution in [0, 0.1) is 19.8 Å². The molecule has 1 aliphatic carbocycles. The Bertz CT molecular complexity index is 1080. The molecule has 1 aromatic carbocycles. The Morgan fingerprint density at radius 2 is 2.03 bits per heavy atom. The third-order valence-electron chi connectivity index (χ3n) is 5.90. The van der Waals surface area contributed by atoms with E-state index in [1.165, 1.54) is 34.2 Å². The number of carbonyl (C=O) groups is 1. The number of nitrogens with zero attached hydrogens (tertiary/aromatic N) is 3. The summed E-state index contributed by atoms with van der Waals surface area (Å²) < 4.78 is 2.18. The maximum Gasteiger partial charge on any atom is 0.234 e. The van der Waals surface area contributed by atoms with E-state index in [0.29, 0.717) is 5.75 Å². The van der Waals surface area contributed by atoms with Crippen LogP contribution in [0.3, 0.4) is 0 Å². The Morgan fingerprint density at radius 3 is 2.74 bits per heavy atom. The fourth-order valence-electron chi connectivity index (χ4n) is 4.21. The number of fused-ring (bicyclic) bond motifs is 1. The highest BCUT2D eigenvalue weighted by atomic mass is 32.2. The van der Waals surface area contributed by atoms with Gasteiger partial charge in [-0.25, -0.2) is 0 Å². The normalized spacial score (nSPS) is 15.9. The van der Waals surface area contributed by atoms with Gasteiger partial charge in [-0.3, -0.25) is 9.36 Å². The van der Waals surface area contributed by atoms with Crippen molar-refractivity contribution in [2.75, 3.05) is 11.1 Å². The van der Waals surface area contributed by atoms with Crippen LogP contribution in [-0.4, -0.2) is 26.4 Å². The summed E-state index contributed by atoms with van der Waals surface area (Å²) in [5.41, 5.74) is 5.71. The minimum absolute atomic E-state index is 0.0239. The van der Waals surface area contributed by atoms with Crippen LogP contribution in [0.25, 0.3) is 11.4 Å². The minimum atomic E-state index is -0.0239. The van der Waals surface area contributed by atoms with Gasteiger partial charge >= 0.3 is 0 Å². The first-order valence-electron chi connectivity index (χ1n) is 10.9. The van der Waals surface area contributed by atoms with Gasteiger partial charge in [0, 0.05) is 27.5 Å². The number of thiophene rings is 1. The van der Waals surface area contributed by atoms with Crippen LogP contribution < -0.4 is 5.32 Å². The number of carbonyl (C=O) groups excluding carboxylic acids is 1. The zero-order valence-electron chi connectivity index (χ0n) is 18.9. The van der Waals surface area contributed by atoms with Gasteiger partial charge in [0.05, 0.1) is 5.75 Å². The summed E-state index contributed by atoms with van der Waals surface area (Å²) in [7, 11) is 0. The molecule has 1 atom stereocenters. The Hall–Kier alpha value is -2.12. The number of hydrogen-bond acceptors (Lipinski definition) is 5. The van der Waals surface area contributed by atoms with Crippen molar-refractivity contribution in [3.05, 3.63) is 45.1 Å². The summed E-state index contributed by atoms with van der Waals surface area (Å²) in [4.78, 5) is 14.1. The lowest BCUT2D eigenvalue weighted by Crippen LogP contribution is -2.16. The molecule has 0 fully saturated rings. The first-order valence-corrected chi connectivity index (χ1v) is 12.7. The lowest BCUT2D eigenvalue weighted by molar-refractivity contribution is -0.113. The number of para-hydroxylation sites is 1. The van der Waals surface area contributed by atoms with E-state index in [0.717, 1.165) is 46.6 Å². The third kappa shape index (κ3) is 4.58. The molecule has 0 bridgehead atoms. The van der Waals surface area contributed by atoms with Crippen LogP contribution in [-0.2, 0) is 17.6 Å². The monoisotopic (exact) mass is 454 g/mol. The lowest BCUT2D eigenvalue weighted by Gasteiger charge is -2.19. The van der Waals surface area contributed by atoms with E-state index < -0.39 is 0 Å². The van der Waals surface area contributed by atoms with E-state index >= 15 is 0 Å². The van der Waals surface area contributed by atoms with Crippen molar-refractivity contribution in [3.63, 3.8) is 0 Å². The molecule has 31 heavy (non-hydrogen) atoms. The van der Waals surface area contributed by atoms with E-state index in [2.05, 4.69) is 46.2 Å². The predicted octanol–water partition coefficient (Wildman–Crippen LogP) is 6.06. The second-order valence-electron chi connectivity index (χ2n) is 8.77. The molecule has 4 rings (SSSR count). The molecule has 0 spiro atoms. The van der Waals surface area contributed by atoms with E-state index in [4.69, 9.17) is 0 Å². The zero-order valence-corrected chi connectivity index (χ0v) is 20.5. The molecular formula is C24H30N4OS2. The molecule has 164 valence electrons. The van der Waals surface area contributed by atoms with Crippen LogP contribution >= 0.6 is 23.1 Å². The topological polar surface area (TPSA) is 59.8 Å². The molecule has 1 amide bonds. The molecule has 2 aromatic heterocycles. The molecule has 0 saturated carbocycles. The molecule has 7 heteroatoms. The molecule has 0 aliphatic heterocycles. The van der Waals surface area contributed by atoms with Crippen molar-refractivity contribution in [3.8, 4) is 11.4 Å². The van der Waals surface area contributed by atoms with Crippen molar-refractivity contribution in [1.29, 1.82) is 0 Å². The average molecular weight is 455 g/mol. The Balaban J connectivity index is 1.53. The van der Waals surface area contributed by atoms with Gasteiger partial charge in [0.25, 0.3) is 0 Å². The standard InChI is InChI=1S/C24H30N4OS2/c1-14(2)28-23(19-12-30-20-11-15(3)9-10-18(19)20)26-27-24(28)31-13-21(29)25-22-16(4)7-6-8-17(22)5/h6-8,12,14-15H,9-11,13H2,1-5H3,(H,25,29). The number of anilines is 1. The maximum absolute atomic E-state index is 12.6. The zero-order chi connectivity index (χ0) is 22.1. The summed E-state index contributed by atoms with van der Waals surface area (Å²) in [5.74, 6) is 1.96. The first kappa shape index (κ1) is 22.1. The van der Waals surface area contributed by atoms with Crippen molar-refractivity contribution >= 4 is 34.7 Å². The number of amides is 1. The molecule has 1 aliphatic rings. The fourth-order valence-corrected chi connectivity index (χ4v) is 6.32. The largest absolute Gasteiger partial charge is 0.325 e. The second kappa shape index (κ2) is 9.17. The van der Waals surface area contributed by atoms with Gasteiger partial charge in [-0.15, -0.1) is 21.5 Å². The lowest BCUT2D eigenvalue weighted by atomic mass is 9.88. The smallest absolute Gasteiger partial charge is 0.234 e. The first-order chi connectivity index (χ1) is 14.8. The van der Waals surface area contributed by atoms with E-state index in [1.807, 2.05) is 43.4 Å². The number of thioether (sulfide) groups is 1. The quantitative estimate of drug-likeness (QED) is 0.460. The SMILES string of the molecule is Cc1cccc(C)c1NC(=O)CSc1nnc(-c2csc3c2CCC(C)C3)n1C(C)C. The number of hydrogen-bond donors (Lipinski definition) is 1. The van der Waals surface area contributed by atoms with Crippen molar-refractivity contribution < 1.29 is 4.79 Å². The maximum atomic E-state index is 12.6. The third-order valence-corrected chi connectivity index (χ3v) is 7.90. The number of rotatable bonds is 6. The Labute approximate surface area is 192 Å². The Morgan fingerprint density at radius 1 is 1.29 bits per heavy atom. The van der Waals surface area contributed by atoms with Crippen molar-refractivity contribution in [2.45, 2.75) is 65.1 Å². The van der Waals surface area contributed by atoms with E-state index in [-0.39, 0.29) is 11.9 Å². The molecule has 2 heterocycles. The molecular weight excluding hydrogens is 424 g/mol. The minimum Gasteiger partial charge on any atom is -0.325 e. The predicted molar refractivity (Wildman–Crippen MR) is 130 cm³/mol. The highest BCUT2D eigenvalue weighted by molar-refractivity contribution is 7.99. The van der Waals surface area contributed by atoms with Gasteiger partial charge < -0.3 is 5.32 Å². The average Bonchev–Trinajstić information content (AvgIpc) is 3.32. The van der Waals surface area contributed by atoms with Crippen LogP contribution in [0.1, 0.15) is 54.8 Å². The Kier molecular flexibility index (Phi) is 6.53. The molecule has 1 N–H and O–H groups in total. The van der Waals surface area contributed by atoms with Crippen molar-refractivity contribution in [2.24, 2.45) is 5.92 Å². The fraction of sp³-hybridized carbons (Fsp3) is 0.458. The van der Waals surface area contributed by atoms with Gasteiger partial charge in [-0.1, -0.05) is 36.9 Å². The second-order valence-corrected chi connectivity index (χ2v) is 10.7. The summed E-state index contributed by atoms with van der Waals surface area (Å²) in [6.45, 7) is 10.7. The van der Waals surface area contributed by atoms with Gasteiger partial charge in [0.15, 0.2) is 11.0 Å². The van der Waals surface area contributed by atoms with Crippen LogP contribution in [0.15, 0.2) is 28.7 Å². The van der Waals surface area contributed by atoms with Gasteiger partial charge in [0.1, 0.15) is 0 Å². The number of benzene rings is 1. The molecule has 0 radical (unpaired) electrons. The van der Waals surface area contributed by atoms with Gasteiger partial charge in [0.2, 0.25) is 5.91 Å². The molecule has 5 nitrogen and oxygen atoms in total. The summed E-state index contributed by atoms with van der Waals surface area (Å²) in [6.07, 6.45) is 3.50. The summed E-state index contributed by atoms with van der Waals surface area (Å²) in [5, 5.41) is 15.1. The number of nitrogens with one attached hydrogen (secondary N) is 1. The van der Waals surface area contributed by atoms with Crippen LogP contribution in [0.4, 0.5) is 5.69 Å². The molecule has 3 aromatic rings. The van der Waals surface area contributed by atoms with Crippen LogP contribution in [0.5, 0.6) is 0 Å². The number of aryl methyl sites for hydroxylation is 2. The highest BCUT2D eigenvalue weighted by Gasteiger charge is 2.25. The highest BCUT2D eigenvalue weighted by Crippen LogP contribution is 2.39. The molecule has 0 saturated heterocycles. The van der Waals surface area contributed by atoms with Crippen LogP contribution in [0.2, 0.25) is 0 Å². The summed E-state index contributed by atoms with van der Waals surface area (Å²) >= 11 is 3.30. The van der Waals surface area contributed by atoms with E-state index in [9.17, 15) is 4.79 Å². The molecule has 1 unspecified atom stereocenters. The van der Waals surface area contributed by atoms with Gasteiger partial charge in [-0.2, -0.15) is 0 Å². The van der Waals surface area contributed by atoms with E-state index in [1.54, 1.807) is 0 Å². The van der Waals surface area contributed by atoms with Crippen molar-refractivity contribution in [1.82, 2.24) is 14.8 Å². The summed E-state index contributed by atoms with van der Waals surface area (Å²) in [6, 6.07) is 6.25. The van der Waals surface area contributed by atoms with Gasteiger partial charge in [-0.05, 0) is 69.6 Å². The number of aromatic nitrogens is 3.